The van der Waals surface area contributed by atoms with E-state index in [0.717, 1.165) is 0 Å². The number of aryl methyl sites for hydroxylation is 1. The second kappa shape index (κ2) is 5.46. The molecule has 2 N–H and O–H groups in total. The van der Waals surface area contributed by atoms with Crippen molar-refractivity contribution in [3.8, 4) is 5.75 Å². The van der Waals surface area contributed by atoms with Gasteiger partial charge in [-0.05, 0) is 25.8 Å². The van der Waals surface area contributed by atoms with Crippen LogP contribution < -0.4 is 10.5 Å². The van der Waals surface area contributed by atoms with E-state index in [1.54, 1.807) is 18.2 Å². The highest BCUT2D eigenvalue weighted by atomic mass is 16.6. The summed E-state index contributed by atoms with van der Waals surface area (Å²) in [5.41, 5.74) is 6.35. The fraction of sp³-hybridized carbons (Fsp3) is 0.455. The summed E-state index contributed by atoms with van der Waals surface area (Å²) in [6, 6.07) is 5.12. The summed E-state index contributed by atoms with van der Waals surface area (Å²) in [5, 5.41) is 10.9. The van der Waals surface area contributed by atoms with E-state index in [4.69, 9.17) is 10.5 Å². The zero-order chi connectivity index (χ0) is 12.1. The fourth-order valence-corrected chi connectivity index (χ4v) is 1.52. The van der Waals surface area contributed by atoms with Gasteiger partial charge >= 0.3 is 5.69 Å². The number of hydrogen-bond donors (Lipinski definition) is 1. The maximum Gasteiger partial charge on any atom is 0.314 e. The lowest BCUT2D eigenvalue weighted by atomic mass is 10.0. The Labute approximate surface area is 94.4 Å². The van der Waals surface area contributed by atoms with Crippen molar-refractivity contribution >= 4 is 5.69 Å². The Bertz CT molecular complexity index is 377. The first-order valence-electron chi connectivity index (χ1n) is 5.12. The van der Waals surface area contributed by atoms with Crippen LogP contribution in [0.3, 0.4) is 0 Å². The van der Waals surface area contributed by atoms with E-state index < -0.39 is 4.92 Å². The summed E-state index contributed by atoms with van der Waals surface area (Å²) < 4.78 is 4.98. The van der Waals surface area contributed by atoms with Crippen LogP contribution in [0.5, 0.6) is 5.75 Å². The third kappa shape index (κ3) is 2.93. The zero-order valence-electron chi connectivity index (χ0n) is 9.47. The van der Waals surface area contributed by atoms with Gasteiger partial charge in [0.05, 0.1) is 12.0 Å². The number of nitro benzene ring substituents is 1. The average Bonchev–Trinajstić information content (AvgIpc) is 2.25. The number of nitro groups is 1. The van der Waals surface area contributed by atoms with Gasteiger partial charge in [-0.3, -0.25) is 10.1 Å². The van der Waals surface area contributed by atoms with Gasteiger partial charge in [0.2, 0.25) is 0 Å². The smallest absolute Gasteiger partial charge is 0.314 e. The quantitative estimate of drug-likeness (QED) is 0.611. The summed E-state index contributed by atoms with van der Waals surface area (Å²) in [5.74, 6) is 0.298. The molecule has 0 bridgehead atoms. The normalized spacial score (nSPS) is 12.2. The molecule has 0 aromatic heterocycles. The maximum atomic E-state index is 10.9. The van der Waals surface area contributed by atoms with Crippen LogP contribution >= 0.6 is 0 Å². The van der Waals surface area contributed by atoms with Crippen molar-refractivity contribution in [1.29, 1.82) is 0 Å². The first kappa shape index (κ1) is 12.4. The van der Waals surface area contributed by atoms with Crippen LogP contribution in [0.2, 0.25) is 0 Å². The Morgan fingerprint density at radius 3 is 2.75 bits per heavy atom. The average molecular weight is 224 g/mol. The SMILES string of the molecule is COc1cccc(CCC(C)N)c1[N+](=O)[O-]. The minimum absolute atomic E-state index is 0.0332. The molecule has 0 amide bonds. The summed E-state index contributed by atoms with van der Waals surface area (Å²) in [6.07, 6.45) is 1.30. The molecular formula is C11H16N2O3. The lowest BCUT2D eigenvalue weighted by Crippen LogP contribution is -2.15. The van der Waals surface area contributed by atoms with Gasteiger partial charge in [0, 0.05) is 11.6 Å². The van der Waals surface area contributed by atoms with Crippen LogP contribution in [0, 0.1) is 10.1 Å². The highest BCUT2D eigenvalue weighted by Crippen LogP contribution is 2.31. The molecule has 0 fully saturated rings. The van der Waals surface area contributed by atoms with E-state index in [1.165, 1.54) is 7.11 Å². The standard InChI is InChI=1S/C11H16N2O3/c1-8(12)6-7-9-4-3-5-10(16-2)11(9)13(14)15/h3-5,8H,6-7,12H2,1-2H3. The van der Waals surface area contributed by atoms with Gasteiger partial charge in [-0.25, -0.2) is 0 Å². The molecule has 0 heterocycles. The maximum absolute atomic E-state index is 10.9. The Hall–Kier alpha value is -1.62. The molecule has 1 rings (SSSR count). The van der Waals surface area contributed by atoms with Crippen molar-refractivity contribution in [3.05, 3.63) is 33.9 Å². The molecule has 5 heteroatoms. The number of benzene rings is 1. The molecule has 1 unspecified atom stereocenters. The molecule has 5 nitrogen and oxygen atoms in total. The predicted molar refractivity (Wildman–Crippen MR) is 61.6 cm³/mol. The molecule has 88 valence electrons. The summed E-state index contributed by atoms with van der Waals surface area (Å²) in [6.45, 7) is 1.88. The van der Waals surface area contributed by atoms with Crippen LogP contribution in [0.4, 0.5) is 5.69 Å². The highest BCUT2D eigenvalue weighted by molar-refractivity contribution is 5.52. The van der Waals surface area contributed by atoms with Crippen molar-refractivity contribution in [1.82, 2.24) is 0 Å². The number of methoxy groups -OCH3 is 1. The minimum Gasteiger partial charge on any atom is -0.490 e. The third-order valence-corrected chi connectivity index (χ3v) is 2.35. The van der Waals surface area contributed by atoms with Crippen molar-refractivity contribution in [2.75, 3.05) is 7.11 Å². The van der Waals surface area contributed by atoms with Gasteiger partial charge in [0.15, 0.2) is 5.75 Å². The minimum atomic E-state index is -0.407. The summed E-state index contributed by atoms with van der Waals surface area (Å²) in [4.78, 5) is 10.5. The Balaban J connectivity index is 3.02. The van der Waals surface area contributed by atoms with Crippen LogP contribution in [0.25, 0.3) is 0 Å². The number of ether oxygens (including phenoxy) is 1. The van der Waals surface area contributed by atoms with Gasteiger partial charge in [-0.1, -0.05) is 12.1 Å². The van der Waals surface area contributed by atoms with E-state index in [9.17, 15) is 10.1 Å². The summed E-state index contributed by atoms with van der Waals surface area (Å²) >= 11 is 0. The van der Waals surface area contributed by atoms with Gasteiger partial charge in [-0.2, -0.15) is 0 Å². The zero-order valence-corrected chi connectivity index (χ0v) is 9.47. The molecule has 1 atom stereocenters. The fourth-order valence-electron chi connectivity index (χ4n) is 1.52. The molecule has 0 radical (unpaired) electrons. The molecule has 0 aliphatic rings. The van der Waals surface area contributed by atoms with Crippen LogP contribution in [-0.4, -0.2) is 18.1 Å². The number of para-hydroxylation sites is 1. The van der Waals surface area contributed by atoms with Crippen molar-refractivity contribution in [3.63, 3.8) is 0 Å². The molecule has 0 saturated heterocycles. The van der Waals surface area contributed by atoms with E-state index in [-0.39, 0.29) is 11.7 Å². The van der Waals surface area contributed by atoms with Gasteiger partial charge < -0.3 is 10.5 Å². The Morgan fingerprint density at radius 1 is 1.56 bits per heavy atom. The summed E-state index contributed by atoms with van der Waals surface area (Å²) in [7, 11) is 1.43. The molecule has 1 aromatic rings. The monoisotopic (exact) mass is 224 g/mol. The lowest BCUT2D eigenvalue weighted by Gasteiger charge is -2.08. The first-order valence-corrected chi connectivity index (χ1v) is 5.12. The Morgan fingerprint density at radius 2 is 2.25 bits per heavy atom. The number of nitrogens with two attached hydrogens (primary N) is 1. The second-order valence-corrected chi connectivity index (χ2v) is 3.74. The molecule has 0 aliphatic carbocycles. The lowest BCUT2D eigenvalue weighted by molar-refractivity contribution is -0.386. The largest absolute Gasteiger partial charge is 0.490 e. The van der Waals surface area contributed by atoms with Crippen molar-refractivity contribution in [2.45, 2.75) is 25.8 Å². The molecule has 0 aliphatic heterocycles. The second-order valence-electron chi connectivity index (χ2n) is 3.74. The van der Waals surface area contributed by atoms with E-state index in [2.05, 4.69) is 0 Å². The Kier molecular flexibility index (Phi) is 4.25. The molecule has 16 heavy (non-hydrogen) atoms. The first-order chi connectivity index (χ1) is 7.56. The van der Waals surface area contributed by atoms with Crippen LogP contribution in [-0.2, 0) is 6.42 Å². The van der Waals surface area contributed by atoms with Crippen LogP contribution in [0.15, 0.2) is 18.2 Å². The number of hydrogen-bond acceptors (Lipinski definition) is 4. The van der Waals surface area contributed by atoms with E-state index in [1.807, 2.05) is 6.92 Å². The van der Waals surface area contributed by atoms with Crippen molar-refractivity contribution in [2.24, 2.45) is 5.73 Å². The molecule has 1 aromatic carbocycles. The van der Waals surface area contributed by atoms with Crippen LogP contribution in [0.1, 0.15) is 18.9 Å². The number of rotatable bonds is 5. The molecule has 0 saturated carbocycles. The highest BCUT2D eigenvalue weighted by Gasteiger charge is 2.19. The molecule has 0 spiro atoms. The topological polar surface area (TPSA) is 78.4 Å². The van der Waals surface area contributed by atoms with Gasteiger partial charge in [0.25, 0.3) is 0 Å². The predicted octanol–water partition coefficient (Wildman–Crippen LogP) is 1.88. The molecular weight excluding hydrogens is 208 g/mol. The van der Waals surface area contributed by atoms with E-state index >= 15 is 0 Å². The third-order valence-electron chi connectivity index (χ3n) is 2.35. The van der Waals surface area contributed by atoms with Gasteiger partial charge in [-0.15, -0.1) is 0 Å². The number of nitrogens with zero attached hydrogens (tertiary/aromatic N) is 1. The van der Waals surface area contributed by atoms with Gasteiger partial charge in [0.1, 0.15) is 0 Å². The van der Waals surface area contributed by atoms with E-state index in [0.29, 0.717) is 24.2 Å². The van der Waals surface area contributed by atoms with Crippen molar-refractivity contribution < 1.29 is 9.66 Å².